The third-order valence-electron chi connectivity index (χ3n) is 3.48. The normalized spacial score (nSPS) is 36.5. The molecular weight excluding hydrogens is 268 g/mol. The monoisotopic (exact) mass is 284 g/mol. The molecule has 5 atom stereocenters. The Kier molecular flexibility index (Phi) is 3.44. The van der Waals surface area contributed by atoms with E-state index in [9.17, 15) is 15.3 Å². The number of hydrogen-bond donors (Lipinski definition) is 5. The van der Waals surface area contributed by atoms with E-state index in [0.29, 0.717) is 11.5 Å². The Labute approximate surface area is 114 Å². The Morgan fingerprint density at radius 2 is 2.15 bits per heavy atom. The molecule has 1 fully saturated rings. The van der Waals surface area contributed by atoms with Crippen molar-refractivity contribution in [2.45, 2.75) is 37.2 Å². The molecule has 1 saturated heterocycles. The largest absolute Gasteiger partial charge is 0.394 e. The summed E-state index contributed by atoms with van der Waals surface area (Å²) in [4.78, 5) is 7.96. The predicted molar refractivity (Wildman–Crippen MR) is 67.1 cm³/mol. The van der Waals surface area contributed by atoms with Gasteiger partial charge in [0.1, 0.15) is 24.1 Å². The van der Waals surface area contributed by atoms with Crippen LogP contribution in [0.4, 0.5) is 5.82 Å². The fourth-order valence-electron chi connectivity index (χ4n) is 2.42. The summed E-state index contributed by atoms with van der Waals surface area (Å²) in [6, 6.07) is 0. The van der Waals surface area contributed by atoms with Gasteiger partial charge >= 0.3 is 0 Å². The summed E-state index contributed by atoms with van der Waals surface area (Å²) >= 11 is 0. The zero-order chi connectivity index (χ0) is 14.3. The number of nitrogens with zero attached hydrogens (tertiary/aromatic N) is 3. The first kappa shape index (κ1) is 13.5. The molecular formula is C11H16N4O5. The molecule has 20 heavy (non-hydrogen) atoms. The second-order valence-corrected chi connectivity index (χ2v) is 4.78. The van der Waals surface area contributed by atoms with Gasteiger partial charge in [0.25, 0.3) is 0 Å². The zero-order valence-corrected chi connectivity index (χ0v) is 10.5. The van der Waals surface area contributed by atoms with Crippen molar-refractivity contribution in [3.63, 3.8) is 0 Å². The summed E-state index contributed by atoms with van der Waals surface area (Å²) in [5.41, 5.74) is 0.577. The highest BCUT2D eigenvalue weighted by molar-refractivity contribution is 5.76. The SMILES string of the molecule is OC[C@@H]1O[C@H](n2cnc3c2NC=N[C@@H](O)C3)[C@@H](O)[C@H]1O. The van der Waals surface area contributed by atoms with E-state index in [1.165, 1.54) is 17.2 Å². The smallest absolute Gasteiger partial charge is 0.165 e. The van der Waals surface area contributed by atoms with Gasteiger partial charge in [-0.1, -0.05) is 0 Å². The summed E-state index contributed by atoms with van der Waals surface area (Å²) in [6.45, 7) is -0.390. The molecule has 3 heterocycles. The van der Waals surface area contributed by atoms with Crippen LogP contribution in [0.5, 0.6) is 0 Å². The average Bonchev–Trinajstić information content (AvgIpc) is 2.87. The van der Waals surface area contributed by atoms with Crippen LogP contribution >= 0.6 is 0 Å². The molecule has 0 unspecified atom stereocenters. The van der Waals surface area contributed by atoms with Crippen LogP contribution in [0.1, 0.15) is 11.9 Å². The van der Waals surface area contributed by atoms with Gasteiger partial charge in [0.2, 0.25) is 0 Å². The van der Waals surface area contributed by atoms with Gasteiger partial charge in [-0.15, -0.1) is 0 Å². The van der Waals surface area contributed by atoms with Crippen molar-refractivity contribution in [2.75, 3.05) is 11.9 Å². The first-order valence-corrected chi connectivity index (χ1v) is 6.26. The molecule has 9 heteroatoms. The summed E-state index contributed by atoms with van der Waals surface area (Å²) in [5.74, 6) is 0.528. The number of fused-ring (bicyclic) bond motifs is 1. The molecule has 0 amide bonds. The quantitative estimate of drug-likeness (QED) is 0.416. The lowest BCUT2D eigenvalue weighted by atomic mass is 10.1. The Hall–Kier alpha value is -1.52. The van der Waals surface area contributed by atoms with E-state index in [2.05, 4.69) is 15.3 Å². The van der Waals surface area contributed by atoms with Crippen LogP contribution in [0.2, 0.25) is 0 Å². The first-order valence-electron chi connectivity index (χ1n) is 6.26. The molecule has 1 aromatic rings. The number of aliphatic hydroxyl groups excluding tert-OH is 4. The van der Waals surface area contributed by atoms with Gasteiger partial charge in [0.05, 0.1) is 25.0 Å². The summed E-state index contributed by atoms with van der Waals surface area (Å²) in [6.07, 6.45) is -1.92. The van der Waals surface area contributed by atoms with Crippen molar-refractivity contribution in [1.29, 1.82) is 0 Å². The van der Waals surface area contributed by atoms with Crippen LogP contribution in [0, 0.1) is 0 Å². The van der Waals surface area contributed by atoms with Gasteiger partial charge in [0, 0.05) is 6.42 Å². The van der Waals surface area contributed by atoms with Crippen LogP contribution in [-0.2, 0) is 11.2 Å². The minimum atomic E-state index is -1.18. The number of aliphatic hydroxyl groups is 4. The maximum atomic E-state index is 10.0. The van der Waals surface area contributed by atoms with E-state index in [1.807, 2.05) is 0 Å². The highest BCUT2D eigenvalue weighted by Crippen LogP contribution is 2.33. The Morgan fingerprint density at radius 3 is 2.85 bits per heavy atom. The van der Waals surface area contributed by atoms with Crippen molar-refractivity contribution in [3.8, 4) is 0 Å². The Bertz CT molecular complexity index is 519. The van der Waals surface area contributed by atoms with Gasteiger partial charge in [-0.25, -0.2) is 9.98 Å². The van der Waals surface area contributed by atoms with Crippen molar-refractivity contribution >= 4 is 12.2 Å². The van der Waals surface area contributed by atoms with E-state index in [1.54, 1.807) is 0 Å². The number of rotatable bonds is 2. The zero-order valence-electron chi connectivity index (χ0n) is 10.5. The molecule has 0 saturated carbocycles. The average molecular weight is 284 g/mol. The van der Waals surface area contributed by atoms with E-state index >= 15 is 0 Å². The standard InChI is InChI=1S/C11H16N4O5/c16-2-6-8(18)9(19)11(20-6)15-4-14-5-1-7(17)12-3-13-10(5)15/h3-4,6-9,11,16-19H,1-2H2,(H,12,13)/t6-,7-,8-,9-,11-/m0/s1. The van der Waals surface area contributed by atoms with Crippen molar-refractivity contribution in [2.24, 2.45) is 4.99 Å². The topological polar surface area (TPSA) is 132 Å². The van der Waals surface area contributed by atoms with Gasteiger partial charge in [0.15, 0.2) is 12.5 Å². The van der Waals surface area contributed by atoms with Gasteiger partial charge in [-0.05, 0) is 0 Å². The highest BCUT2D eigenvalue weighted by Gasteiger charge is 2.44. The summed E-state index contributed by atoms with van der Waals surface area (Å²) < 4.78 is 6.96. The van der Waals surface area contributed by atoms with E-state index < -0.39 is 30.8 Å². The van der Waals surface area contributed by atoms with Gasteiger partial charge in [-0.3, -0.25) is 4.57 Å². The van der Waals surface area contributed by atoms with Crippen LogP contribution in [-0.4, -0.2) is 67.5 Å². The molecule has 2 aliphatic heterocycles. The number of imidazole rings is 1. The minimum Gasteiger partial charge on any atom is -0.394 e. The summed E-state index contributed by atoms with van der Waals surface area (Å²) in [5, 5.41) is 41.3. The van der Waals surface area contributed by atoms with Crippen LogP contribution < -0.4 is 5.32 Å². The molecule has 0 aromatic carbocycles. The third-order valence-corrected chi connectivity index (χ3v) is 3.48. The lowest BCUT2D eigenvalue weighted by Gasteiger charge is -2.18. The van der Waals surface area contributed by atoms with Gasteiger partial charge < -0.3 is 30.5 Å². The molecule has 0 spiro atoms. The molecule has 5 N–H and O–H groups in total. The first-order chi connectivity index (χ1) is 9.61. The van der Waals surface area contributed by atoms with Crippen molar-refractivity contribution in [3.05, 3.63) is 12.0 Å². The maximum Gasteiger partial charge on any atom is 0.165 e. The lowest BCUT2D eigenvalue weighted by molar-refractivity contribution is -0.0518. The molecule has 2 aliphatic rings. The van der Waals surface area contributed by atoms with Crippen LogP contribution in [0.3, 0.4) is 0 Å². The lowest BCUT2D eigenvalue weighted by Crippen LogP contribution is -2.33. The summed E-state index contributed by atoms with van der Waals surface area (Å²) in [7, 11) is 0. The molecule has 0 bridgehead atoms. The fourth-order valence-corrected chi connectivity index (χ4v) is 2.42. The van der Waals surface area contributed by atoms with Crippen LogP contribution in [0.15, 0.2) is 11.3 Å². The Morgan fingerprint density at radius 1 is 1.35 bits per heavy atom. The fraction of sp³-hybridized carbons (Fsp3) is 0.636. The van der Waals surface area contributed by atoms with E-state index in [0.717, 1.165) is 0 Å². The molecule has 1 aromatic heterocycles. The molecule has 0 radical (unpaired) electrons. The second kappa shape index (κ2) is 5.11. The Balaban J connectivity index is 1.91. The molecule has 9 nitrogen and oxygen atoms in total. The number of anilines is 1. The second-order valence-electron chi connectivity index (χ2n) is 4.78. The molecule has 3 rings (SSSR count). The van der Waals surface area contributed by atoms with Crippen LogP contribution in [0.25, 0.3) is 0 Å². The molecule has 110 valence electrons. The third kappa shape index (κ3) is 2.09. The number of aliphatic imine (C=N–C) groups is 1. The van der Waals surface area contributed by atoms with E-state index in [4.69, 9.17) is 9.84 Å². The number of aromatic nitrogens is 2. The highest BCUT2D eigenvalue weighted by atomic mass is 16.6. The maximum absolute atomic E-state index is 10.0. The number of ether oxygens (including phenoxy) is 1. The predicted octanol–water partition coefficient (Wildman–Crippen LogP) is -2.19. The molecule has 0 aliphatic carbocycles. The number of nitrogens with one attached hydrogen (secondary N) is 1. The van der Waals surface area contributed by atoms with E-state index in [-0.39, 0.29) is 13.0 Å². The minimum absolute atomic E-state index is 0.237. The number of hydrogen-bond acceptors (Lipinski definition) is 8. The van der Waals surface area contributed by atoms with Crippen molar-refractivity contribution < 1.29 is 25.2 Å². The van der Waals surface area contributed by atoms with Gasteiger partial charge in [-0.2, -0.15) is 0 Å². The van der Waals surface area contributed by atoms with Crippen molar-refractivity contribution in [1.82, 2.24) is 9.55 Å².